The minimum absolute atomic E-state index is 0.0515. The maximum absolute atomic E-state index is 13.1. The Morgan fingerprint density at radius 1 is 1.41 bits per heavy atom. The van der Waals surface area contributed by atoms with E-state index in [1.807, 2.05) is 17.9 Å². The van der Waals surface area contributed by atoms with Crippen LogP contribution in [0.15, 0.2) is 18.2 Å². The number of hydrogen-bond acceptors (Lipinski definition) is 6. The first kappa shape index (κ1) is 19.7. The molecule has 3 rings (SSSR count). The minimum atomic E-state index is -0.582. The summed E-state index contributed by atoms with van der Waals surface area (Å²) in [7, 11) is 0. The van der Waals surface area contributed by atoms with E-state index < -0.39 is 6.10 Å². The molecule has 0 radical (unpaired) electrons. The van der Waals surface area contributed by atoms with Crippen molar-refractivity contribution in [2.75, 3.05) is 18.1 Å². The molecule has 1 amide bonds. The molecule has 1 aromatic heterocycles. The first-order valence-corrected chi connectivity index (χ1v) is 10.3. The molecule has 2 unspecified atom stereocenters. The number of nitrogens with one attached hydrogen (secondary N) is 1. The van der Waals surface area contributed by atoms with Crippen LogP contribution in [0.3, 0.4) is 0 Å². The lowest BCUT2D eigenvalue weighted by molar-refractivity contribution is -0.140. The van der Waals surface area contributed by atoms with Crippen molar-refractivity contribution in [2.45, 2.75) is 52.2 Å². The molecule has 2 aromatic rings. The monoisotopic (exact) mass is 389 g/mol. The molecule has 27 heavy (non-hydrogen) atoms. The number of nitrogens with zero attached hydrogens (tertiary/aromatic N) is 4. The number of H-pyrrole nitrogens is 1. The highest BCUT2D eigenvalue weighted by Gasteiger charge is 2.34. The topological polar surface area (TPSA) is 84.0 Å². The predicted molar refractivity (Wildman–Crippen MR) is 106 cm³/mol. The molecule has 1 aliphatic rings. The Bertz CT molecular complexity index is 788. The van der Waals surface area contributed by atoms with Crippen LogP contribution in [0.1, 0.15) is 50.7 Å². The second kappa shape index (κ2) is 7.88. The molecule has 2 heterocycles. The molecule has 1 N–H and O–H groups in total. The Hall–Kier alpha value is -2.09. The van der Waals surface area contributed by atoms with Gasteiger partial charge in [0.05, 0.1) is 0 Å². The number of rotatable bonds is 4. The number of benzene rings is 1. The molecule has 0 spiro atoms. The fraction of sp³-hybridized carbons (Fsp3) is 0.579. The second-order valence-corrected chi connectivity index (χ2v) is 9.03. The van der Waals surface area contributed by atoms with Crippen molar-refractivity contribution >= 4 is 17.7 Å². The smallest absolute Gasteiger partial charge is 0.264 e. The lowest BCUT2D eigenvalue weighted by Gasteiger charge is -2.35. The van der Waals surface area contributed by atoms with Crippen LogP contribution in [0.25, 0.3) is 0 Å². The van der Waals surface area contributed by atoms with Gasteiger partial charge >= 0.3 is 0 Å². The summed E-state index contributed by atoms with van der Waals surface area (Å²) in [4.78, 5) is 14.9. The van der Waals surface area contributed by atoms with Gasteiger partial charge in [0.2, 0.25) is 0 Å². The maximum Gasteiger partial charge on any atom is 0.264 e. The van der Waals surface area contributed by atoms with Crippen LogP contribution < -0.4 is 4.74 Å². The Balaban J connectivity index is 1.73. The van der Waals surface area contributed by atoms with E-state index in [2.05, 4.69) is 53.5 Å². The van der Waals surface area contributed by atoms with Gasteiger partial charge in [-0.1, -0.05) is 38.1 Å². The Labute approximate surface area is 164 Å². The van der Waals surface area contributed by atoms with E-state index in [-0.39, 0.29) is 17.4 Å². The number of carbonyl (C=O) groups is 1. The van der Waals surface area contributed by atoms with Gasteiger partial charge in [0, 0.05) is 18.1 Å². The third kappa shape index (κ3) is 4.43. The van der Waals surface area contributed by atoms with Crippen LogP contribution in [-0.4, -0.2) is 55.6 Å². The molecule has 0 aliphatic carbocycles. The number of amides is 1. The van der Waals surface area contributed by atoms with Crippen molar-refractivity contribution in [2.24, 2.45) is 0 Å². The normalized spacial score (nSPS) is 19.0. The summed E-state index contributed by atoms with van der Waals surface area (Å²) in [6.07, 6.45) is -0.582. The van der Waals surface area contributed by atoms with Crippen molar-refractivity contribution in [1.82, 2.24) is 25.5 Å². The lowest BCUT2D eigenvalue weighted by atomic mass is 9.86. The summed E-state index contributed by atoms with van der Waals surface area (Å²) in [6.45, 7) is 11.0. The van der Waals surface area contributed by atoms with Gasteiger partial charge < -0.3 is 9.64 Å². The number of ether oxygens (including phenoxy) is 1. The van der Waals surface area contributed by atoms with E-state index in [4.69, 9.17) is 4.74 Å². The van der Waals surface area contributed by atoms with Gasteiger partial charge in [-0.3, -0.25) is 4.79 Å². The average molecular weight is 390 g/mol. The first-order chi connectivity index (χ1) is 12.8. The summed E-state index contributed by atoms with van der Waals surface area (Å²) in [6, 6.07) is 5.98. The van der Waals surface area contributed by atoms with Crippen LogP contribution in [0.4, 0.5) is 0 Å². The van der Waals surface area contributed by atoms with Gasteiger partial charge in [-0.2, -0.15) is 17.0 Å². The Kier molecular flexibility index (Phi) is 5.74. The summed E-state index contributed by atoms with van der Waals surface area (Å²) in [5.74, 6) is 2.90. The summed E-state index contributed by atoms with van der Waals surface area (Å²) in [5, 5.41) is 14.2. The van der Waals surface area contributed by atoms with Gasteiger partial charge in [0.15, 0.2) is 11.9 Å². The number of aromatic amines is 1. The van der Waals surface area contributed by atoms with E-state index in [0.29, 0.717) is 12.4 Å². The zero-order valence-electron chi connectivity index (χ0n) is 16.5. The van der Waals surface area contributed by atoms with Crippen LogP contribution >= 0.6 is 11.8 Å². The summed E-state index contributed by atoms with van der Waals surface area (Å²) < 4.78 is 6.03. The minimum Gasteiger partial charge on any atom is -0.481 e. The van der Waals surface area contributed by atoms with Gasteiger partial charge in [-0.25, -0.2) is 0 Å². The maximum atomic E-state index is 13.1. The molecule has 1 aromatic carbocycles. The van der Waals surface area contributed by atoms with Gasteiger partial charge in [-0.15, -0.1) is 10.2 Å². The van der Waals surface area contributed by atoms with Gasteiger partial charge in [-0.05, 0) is 36.5 Å². The molecule has 0 bridgehead atoms. The fourth-order valence-electron chi connectivity index (χ4n) is 3.11. The molecule has 8 heteroatoms. The molecule has 1 aliphatic heterocycles. The van der Waals surface area contributed by atoms with E-state index in [9.17, 15) is 4.79 Å². The third-order valence-corrected chi connectivity index (χ3v) is 5.79. The zero-order valence-corrected chi connectivity index (χ0v) is 17.3. The number of aromatic nitrogens is 4. The molecule has 2 atom stereocenters. The van der Waals surface area contributed by atoms with Crippen LogP contribution in [0.5, 0.6) is 5.75 Å². The molecule has 1 saturated heterocycles. The quantitative estimate of drug-likeness (QED) is 0.866. The molecular weight excluding hydrogens is 362 g/mol. The summed E-state index contributed by atoms with van der Waals surface area (Å²) >= 11 is 1.79. The van der Waals surface area contributed by atoms with E-state index in [1.165, 1.54) is 5.56 Å². The highest BCUT2D eigenvalue weighted by atomic mass is 32.2. The highest BCUT2D eigenvalue weighted by Crippen LogP contribution is 2.30. The average Bonchev–Trinajstić information content (AvgIpc) is 3.16. The van der Waals surface area contributed by atoms with Crippen LogP contribution in [0, 0.1) is 6.92 Å². The zero-order chi connectivity index (χ0) is 19.6. The molecular formula is C19H27N5O2S. The van der Waals surface area contributed by atoms with E-state index >= 15 is 0 Å². The van der Waals surface area contributed by atoms with Crippen molar-refractivity contribution < 1.29 is 9.53 Å². The second-order valence-electron chi connectivity index (χ2n) is 7.88. The number of hydrogen-bond donors (Lipinski definition) is 1. The largest absolute Gasteiger partial charge is 0.481 e. The Morgan fingerprint density at radius 2 is 2.19 bits per heavy atom. The number of aryl methyl sites for hydroxylation is 1. The molecule has 7 nitrogen and oxygen atoms in total. The van der Waals surface area contributed by atoms with E-state index in [0.717, 1.165) is 22.8 Å². The first-order valence-electron chi connectivity index (χ1n) is 9.16. The number of thioether (sulfide) groups is 1. The van der Waals surface area contributed by atoms with Crippen molar-refractivity contribution in [1.29, 1.82) is 0 Å². The predicted octanol–water partition coefficient (Wildman–Crippen LogP) is 2.89. The van der Waals surface area contributed by atoms with Crippen LogP contribution in [0.2, 0.25) is 0 Å². The van der Waals surface area contributed by atoms with Crippen molar-refractivity contribution in [3.05, 3.63) is 35.2 Å². The number of carbonyl (C=O) groups excluding carboxylic acids is 1. The van der Waals surface area contributed by atoms with Crippen molar-refractivity contribution in [3.8, 4) is 5.75 Å². The standard InChI is InChI=1S/C19H27N5O2S/c1-12-10-14(19(3,4)5)6-7-16(12)26-13(2)18(25)24-8-9-27-11-15(24)17-20-22-23-21-17/h6-7,10,13,15H,8-9,11H2,1-5H3,(H,20,21,22,23). The highest BCUT2D eigenvalue weighted by molar-refractivity contribution is 7.99. The molecule has 1 fully saturated rings. The molecule has 146 valence electrons. The summed E-state index contributed by atoms with van der Waals surface area (Å²) in [5.41, 5.74) is 2.36. The lowest BCUT2D eigenvalue weighted by Crippen LogP contribution is -2.46. The van der Waals surface area contributed by atoms with Crippen LogP contribution in [-0.2, 0) is 10.2 Å². The fourth-order valence-corrected chi connectivity index (χ4v) is 4.16. The van der Waals surface area contributed by atoms with Gasteiger partial charge in [0.25, 0.3) is 5.91 Å². The van der Waals surface area contributed by atoms with E-state index in [1.54, 1.807) is 18.7 Å². The molecule has 0 saturated carbocycles. The van der Waals surface area contributed by atoms with Gasteiger partial charge in [0.1, 0.15) is 11.8 Å². The third-order valence-electron chi connectivity index (χ3n) is 4.76. The Morgan fingerprint density at radius 3 is 2.81 bits per heavy atom. The van der Waals surface area contributed by atoms with Crippen molar-refractivity contribution in [3.63, 3.8) is 0 Å². The SMILES string of the molecule is Cc1cc(C(C)(C)C)ccc1OC(C)C(=O)N1CCSCC1c1nn[nH]n1. The number of tetrazole rings is 1.